The predicted octanol–water partition coefficient (Wildman–Crippen LogP) is -6.58. The van der Waals surface area contributed by atoms with Gasteiger partial charge in [0.1, 0.15) is 0 Å². The Bertz CT molecular complexity index is 60.2. The summed E-state index contributed by atoms with van der Waals surface area (Å²) in [6.07, 6.45) is 0. The van der Waals surface area contributed by atoms with Crippen LogP contribution < -0.4 is 19.4 Å². The molecule has 0 aliphatic heterocycles. The van der Waals surface area contributed by atoms with Crippen LogP contribution >= 0.6 is 7.82 Å². The smallest absolute Gasteiger partial charge is 1.00 e. The summed E-state index contributed by atoms with van der Waals surface area (Å²) in [5, 5.41) is 0. The molecule has 0 amide bonds. The molecular formula is FO4PSn2. The van der Waals surface area contributed by atoms with Crippen LogP contribution in [0.5, 0.6) is 0 Å². The predicted molar refractivity (Wildman–Crippen MR) is 19.1 cm³/mol. The molecule has 8 heteroatoms. The molecule has 4 nitrogen and oxygen atoms in total. The second-order valence-corrected chi connectivity index (χ2v) is 1.34. The van der Waals surface area contributed by atoms with E-state index in [1.54, 1.807) is 0 Å². The normalized spacial score (nSPS) is 7.38. The summed E-state index contributed by atoms with van der Waals surface area (Å²) in [4.78, 5) is 25.6. The van der Waals surface area contributed by atoms with Gasteiger partial charge >= 0.3 is 47.8 Å². The first-order valence-corrected chi connectivity index (χ1v) is 2.19. The van der Waals surface area contributed by atoms with Crippen molar-refractivity contribution in [2.75, 3.05) is 0 Å². The summed E-state index contributed by atoms with van der Waals surface area (Å²) in [5.41, 5.74) is 0. The van der Waals surface area contributed by atoms with E-state index >= 15 is 0 Å². The van der Waals surface area contributed by atoms with Crippen molar-refractivity contribution in [3.63, 3.8) is 0 Å². The summed E-state index contributed by atoms with van der Waals surface area (Å²) in [7, 11) is -5.39. The zero-order chi connectivity index (χ0) is 4.50. The minimum atomic E-state index is -5.39. The molecule has 4 radical (unpaired) electrons. The molecule has 0 aliphatic carbocycles. The van der Waals surface area contributed by atoms with E-state index in [2.05, 4.69) is 0 Å². The molecule has 0 aromatic heterocycles. The Morgan fingerprint density at radius 2 is 1.00 bits per heavy atom. The van der Waals surface area contributed by atoms with E-state index in [-0.39, 0.29) is 52.5 Å². The van der Waals surface area contributed by atoms with Crippen molar-refractivity contribution in [1.29, 1.82) is 0 Å². The van der Waals surface area contributed by atoms with Crippen LogP contribution in [0.2, 0.25) is 0 Å². The van der Waals surface area contributed by atoms with Crippen LogP contribution in [0.4, 0.5) is 0 Å². The number of hydrogen-bond acceptors (Lipinski definition) is 4. The van der Waals surface area contributed by atoms with Crippen LogP contribution in [0.15, 0.2) is 0 Å². The second-order valence-electron chi connectivity index (χ2n) is 0.447. The van der Waals surface area contributed by atoms with Gasteiger partial charge in [0.2, 0.25) is 0 Å². The Hall–Kier alpha value is 1.64. The molecule has 0 atom stereocenters. The van der Waals surface area contributed by atoms with E-state index < -0.39 is 7.82 Å². The summed E-state index contributed by atoms with van der Waals surface area (Å²) in [5.74, 6) is 0. The minimum Gasteiger partial charge on any atom is -1.00 e. The van der Waals surface area contributed by atoms with Crippen molar-refractivity contribution in [1.82, 2.24) is 0 Å². The van der Waals surface area contributed by atoms with E-state index in [0.29, 0.717) is 0 Å². The maximum Gasteiger partial charge on any atom is 2.00 e. The van der Waals surface area contributed by atoms with Gasteiger partial charge in [0.15, 0.2) is 0 Å². The average Bonchev–Trinajstić information content (AvgIpc) is 0.722. The van der Waals surface area contributed by atoms with Crippen LogP contribution in [-0.2, 0) is 4.57 Å². The molecule has 0 heterocycles. The minimum absolute atomic E-state index is 0. The van der Waals surface area contributed by atoms with Gasteiger partial charge in [-0.05, 0) is 0 Å². The van der Waals surface area contributed by atoms with Crippen molar-refractivity contribution in [3.05, 3.63) is 0 Å². The maximum atomic E-state index is 8.55. The summed E-state index contributed by atoms with van der Waals surface area (Å²) < 4.78 is 8.55. The molecule has 0 saturated heterocycles. The quantitative estimate of drug-likeness (QED) is 0.321. The van der Waals surface area contributed by atoms with E-state index in [0.717, 1.165) is 0 Å². The monoisotopic (exact) mass is 354 g/mol. The summed E-state index contributed by atoms with van der Waals surface area (Å²) in [6, 6.07) is 0. The first-order valence-electron chi connectivity index (χ1n) is 0.730. The van der Waals surface area contributed by atoms with Gasteiger partial charge in [-0.3, -0.25) is 0 Å². The molecule has 0 bridgehead atoms. The van der Waals surface area contributed by atoms with Crippen molar-refractivity contribution in [2.45, 2.75) is 0 Å². The third-order valence-corrected chi connectivity index (χ3v) is 0. The van der Waals surface area contributed by atoms with Gasteiger partial charge in [0.05, 0.1) is 0 Å². The standard InChI is InChI=1S/FH.H3O4P.2Sn/c;1-5(2,3)4;;/h1H;(H3,1,2,3,4);;/q;;2*+2/p-4. The Kier molecular flexibility index (Phi) is 24.4. The Labute approximate surface area is 79.2 Å². The molecule has 8 heavy (non-hydrogen) atoms. The first-order chi connectivity index (χ1) is 2.00. The molecule has 0 unspecified atom stereocenters. The topological polar surface area (TPSA) is 86.2 Å². The Morgan fingerprint density at radius 1 is 1.00 bits per heavy atom. The van der Waals surface area contributed by atoms with E-state index in [9.17, 15) is 0 Å². The van der Waals surface area contributed by atoms with Gasteiger partial charge in [-0.15, -0.1) is 0 Å². The third kappa shape index (κ3) is 125. The zero-order valence-electron chi connectivity index (χ0n) is 3.46. The molecule has 0 rings (SSSR count). The van der Waals surface area contributed by atoms with Crippen LogP contribution in [0.3, 0.4) is 0 Å². The molecule has 0 aliphatic rings. The fraction of sp³-hybridized carbons (Fsp3) is 0. The molecule has 0 saturated carbocycles. The summed E-state index contributed by atoms with van der Waals surface area (Å²) >= 11 is 0. The third-order valence-electron chi connectivity index (χ3n) is 0. The van der Waals surface area contributed by atoms with Crippen LogP contribution in [-0.4, -0.2) is 47.8 Å². The van der Waals surface area contributed by atoms with Crippen molar-refractivity contribution >= 4 is 55.6 Å². The molecular weight excluding hydrogens is 351 g/mol. The van der Waals surface area contributed by atoms with Crippen LogP contribution in [0, 0.1) is 0 Å². The molecule has 0 aromatic rings. The van der Waals surface area contributed by atoms with Crippen molar-refractivity contribution < 1.29 is 23.9 Å². The largest absolute Gasteiger partial charge is 2.00 e. The van der Waals surface area contributed by atoms with Gasteiger partial charge in [0, 0.05) is 0 Å². The van der Waals surface area contributed by atoms with Crippen molar-refractivity contribution in [3.8, 4) is 0 Å². The van der Waals surface area contributed by atoms with Gasteiger partial charge < -0.3 is 23.9 Å². The van der Waals surface area contributed by atoms with Crippen molar-refractivity contribution in [2.24, 2.45) is 0 Å². The molecule has 44 valence electrons. The number of phosphoric acid groups is 1. The van der Waals surface area contributed by atoms with Gasteiger partial charge in [-0.1, -0.05) is 0 Å². The van der Waals surface area contributed by atoms with Gasteiger partial charge in [0.25, 0.3) is 0 Å². The Morgan fingerprint density at radius 3 is 1.00 bits per heavy atom. The zero-order valence-corrected chi connectivity index (χ0v) is 10.1. The fourth-order valence-electron chi connectivity index (χ4n) is 0. The molecule has 0 N–H and O–H groups in total. The number of hydrogen-bond donors (Lipinski definition) is 0. The molecule has 0 aromatic carbocycles. The number of halogens is 1. The summed E-state index contributed by atoms with van der Waals surface area (Å²) in [6.45, 7) is 0. The SMILES string of the molecule is O=P([O-])([O-])[O-].[F-].[Sn+2].[Sn+2]. The van der Waals surface area contributed by atoms with Gasteiger partial charge in [-0.25, -0.2) is 0 Å². The van der Waals surface area contributed by atoms with E-state index in [4.69, 9.17) is 19.2 Å². The van der Waals surface area contributed by atoms with E-state index in [1.807, 2.05) is 0 Å². The second kappa shape index (κ2) is 8.64. The Balaban J connectivity index is -0.0000000267. The van der Waals surface area contributed by atoms with Gasteiger partial charge in [-0.2, -0.15) is 7.82 Å². The fourth-order valence-corrected chi connectivity index (χ4v) is 0. The molecule has 0 spiro atoms. The molecule has 0 fully saturated rings. The van der Waals surface area contributed by atoms with Crippen LogP contribution in [0.25, 0.3) is 0 Å². The maximum absolute atomic E-state index is 8.55. The average molecular weight is 351 g/mol. The first kappa shape index (κ1) is 22.6. The van der Waals surface area contributed by atoms with Crippen LogP contribution in [0.1, 0.15) is 0 Å². The number of rotatable bonds is 0. The van der Waals surface area contributed by atoms with E-state index in [1.165, 1.54) is 0 Å².